The van der Waals surface area contributed by atoms with E-state index in [0.29, 0.717) is 11.5 Å². The van der Waals surface area contributed by atoms with Crippen LogP contribution < -0.4 is 0 Å². The fourth-order valence-corrected chi connectivity index (χ4v) is 3.03. The summed E-state index contributed by atoms with van der Waals surface area (Å²) in [7, 11) is 0. The van der Waals surface area contributed by atoms with Crippen molar-refractivity contribution in [3.05, 3.63) is 48.0 Å². The summed E-state index contributed by atoms with van der Waals surface area (Å²) in [5, 5.41) is 2.06. The molecule has 1 amide bonds. The number of piperidine rings is 1. The van der Waals surface area contributed by atoms with E-state index in [0.717, 1.165) is 36.7 Å². The fourth-order valence-electron chi connectivity index (χ4n) is 3.03. The Hall–Kier alpha value is -2.36. The zero-order valence-electron chi connectivity index (χ0n) is 13.3. The second kappa shape index (κ2) is 6.82. The van der Waals surface area contributed by atoms with Gasteiger partial charge in [0, 0.05) is 13.1 Å². The number of benzene rings is 2. The molecule has 1 aliphatic heterocycles. The minimum absolute atomic E-state index is 0.106. The van der Waals surface area contributed by atoms with Crippen molar-refractivity contribution in [2.45, 2.75) is 19.8 Å². The summed E-state index contributed by atoms with van der Waals surface area (Å²) in [4.78, 5) is 26.1. The van der Waals surface area contributed by atoms with Crippen LogP contribution >= 0.6 is 0 Å². The van der Waals surface area contributed by atoms with Gasteiger partial charge in [0.05, 0.1) is 5.56 Å². The first kappa shape index (κ1) is 15.5. The molecule has 1 heterocycles. The lowest BCUT2D eigenvalue weighted by Gasteiger charge is -2.30. The molecule has 4 heteroatoms. The number of amides is 1. The number of likely N-dealkylation sites (tertiary alicyclic amines) is 1. The summed E-state index contributed by atoms with van der Waals surface area (Å²) in [6.07, 6.45) is 2.17. The molecule has 0 aromatic heterocycles. The van der Waals surface area contributed by atoms with Gasteiger partial charge in [0.25, 0.3) is 5.91 Å². The van der Waals surface area contributed by atoms with Crippen LogP contribution in [0.15, 0.2) is 42.5 Å². The van der Waals surface area contributed by atoms with Gasteiger partial charge in [-0.1, -0.05) is 37.3 Å². The van der Waals surface area contributed by atoms with E-state index in [4.69, 9.17) is 4.74 Å². The number of fused-ring (bicyclic) bond motifs is 1. The Bertz CT molecular complexity index is 725. The first-order valence-corrected chi connectivity index (χ1v) is 8.07. The minimum atomic E-state index is -0.450. The molecule has 1 atom stereocenters. The number of hydrogen-bond donors (Lipinski definition) is 0. The van der Waals surface area contributed by atoms with Crippen LogP contribution in [0.5, 0.6) is 0 Å². The highest BCUT2D eigenvalue weighted by Gasteiger charge is 2.22. The maximum atomic E-state index is 12.1. The van der Waals surface area contributed by atoms with Crippen LogP contribution in [0.1, 0.15) is 30.1 Å². The summed E-state index contributed by atoms with van der Waals surface area (Å²) >= 11 is 0. The minimum Gasteiger partial charge on any atom is -0.452 e. The molecule has 4 nitrogen and oxygen atoms in total. The molecular weight excluding hydrogens is 290 g/mol. The van der Waals surface area contributed by atoms with Crippen molar-refractivity contribution in [2.75, 3.05) is 19.7 Å². The van der Waals surface area contributed by atoms with E-state index in [9.17, 15) is 9.59 Å². The summed E-state index contributed by atoms with van der Waals surface area (Å²) in [6.45, 7) is 3.47. The Morgan fingerprint density at radius 1 is 1.17 bits per heavy atom. The molecule has 0 N–H and O–H groups in total. The van der Waals surface area contributed by atoms with Gasteiger partial charge in [-0.05, 0) is 41.7 Å². The van der Waals surface area contributed by atoms with Crippen LogP contribution in [0, 0.1) is 5.92 Å². The Kier molecular flexibility index (Phi) is 4.60. The van der Waals surface area contributed by atoms with Gasteiger partial charge in [-0.3, -0.25) is 4.79 Å². The number of rotatable bonds is 3. The highest BCUT2D eigenvalue weighted by atomic mass is 16.5. The molecule has 1 saturated heterocycles. The predicted molar refractivity (Wildman–Crippen MR) is 89.2 cm³/mol. The molecule has 0 radical (unpaired) electrons. The highest BCUT2D eigenvalue weighted by molar-refractivity contribution is 5.96. The second-order valence-corrected chi connectivity index (χ2v) is 6.23. The third-order valence-electron chi connectivity index (χ3n) is 4.32. The van der Waals surface area contributed by atoms with E-state index in [1.54, 1.807) is 17.0 Å². The predicted octanol–water partition coefficient (Wildman–Crippen LogP) is 3.26. The number of ether oxygens (including phenoxy) is 1. The van der Waals surface area contributed by atoms with Crippen molar-refractivity contribution in [3.8, 4) is 0 Å². The zero-order valence-corrected chi connectivity index (χ0v) is 13.3. The number of carbonyl (C=O) groups excluding carboxylic acids is 2. The summed E-state index contributed by atoms with van der Waals surface area (Å²) in [5.74, 6) is -0.0382. The average Bonchev–Trinajstić information content (AvgIpc) is 2.59. The van der Waals surface area contributed by atoms with Gasteiger partial charge >= 0.3 is 5.97 Å². The fraction of sp³-hybridized carbons (Fsp3) is 0.368. The number of hydrogen-bond acceptors (Lipinski definition) is 3. The van der Waals surface area contributed by atoms with Crippen molar-refractivity contribution >= 4 is 22.6 Å². The Morgan fingerprint density at radius 2 is 1.96 bits per heavy atom. The molecule has 0 saturated carbocycles. The van der Waals surface area contributed by atoms with Gasteiger partial charge in [0.15, 0.2) is 6.61 Å². The van der Waals surface area contributed by atoms with Crippen LogP contribution in [0.25, 0.3) is 10.8 Å². The Morgan fingerprint density at radius 3 is 2.74 bits per heavy atom. The van der Waals surface area contributed by atoms with Gasteiger partial charge in [-0.25, -0.2) is 4.79 Å². The van der Waals surface area contributed by atoms with Crippen LogP contribution in [-0.2, 0) is 9.53 Å². The summed E-state index contributed by atoms with van der Waals surface area (Å²) < 4.78 is 5.20. The monoisotopic (exact) mass is 311 g/mol. The van der Waals surface area contributed by atoms with Crippen LogP contribution in [0.2, 0.25) is 0 Å². The molecule has 2 aromatic rings. The number of esters is 1. The SMILES string of the molecule is C[C@@H]1CCCN(C(=O)COC(=O)c2ccc3ccccc3c2)C1. The normalized spacial score (nSPS) is 18.0. The van der Waals surface area contributed by atoms with Crippen LogP contribution in [-0.4, -0.2) is 36.5 Å². The van der Waals surface area contributed by atoms with Gasteiger partial charge in [0.2, 0.25) is 0 Å². The van der Waals surface area contributed by atoms with Crippen molar-refractivity contribution in [1.82, 2.24) is 4.90 Å². The molecule has 0 aliphatic carbocycles. The van der Waals surface area contributed by atoms with E-state index in [1.807, 2.05) is 30.3 Å². The highest BCUT2D eigenvalue weighted by Crippen LogP contribution is 2.17. The maximum Gasteiger partial charge on any atom is 0.338 e. The molecule has 1 aliphatic rings. The first-order chi connectivity index (χ1) is 11.1. The first-order valence-electron chi connectivity index (χ1n) is 8.07. The van der Waals surface area contributed by atoms with Gasteiger partial charge in [0.1, 0.15) is 0 Å². The quantitative estimate of drug-likeness (QED) is 0.817. The van der Waals surface area contributed by atoms with Crippen LogP contribution in [0.3, 0.4) is 0 Å². The molecule has 0 bridgehead atoms. The molecule has 23 heavy (non-hydrogen) atoms. The molecule has 2 aromatic carbocycles. The Balaban J connectivity index is 1.60. The Labute approximate surface area is 136 Å². The lowest BCUT2D eigenvalue weighted by Crippen LogP contribution is -2.41. The molecule has 120 valence electrons. The van der Waals surface area contributed by atoms with Crippen molar-refractivity contribution in [3.63, 3.8) is 0 Å². The van der Waals surface area contributed by atoms with Gasteiger partial charge in [-0.2, -0.15) is 0 Å². The molecular formula is C19H21NO3. The van der Waals surface area contributed by atoms with Gasteiger partial charge < -0.3 is 9.64 Å². The van der Waals surface area contributed by atoms with E-state index in [1.165, 1.54) is 0 Å². The second-order valence-electron chi connectivity index (χ2n) is 6.23. The molecule has 0 spiro atoms. The summed E-state index contributed by atoms with van der Waals surface area (Å²) in [5.41, 5.74) is 0.475. The lowest BCUT2D eigenvalue weighted by atomic mass is 10.0. The number of carbonyl (C=O) groups is 2. The topological polar surface area (TPSA) is 46.6 Å². The zero-order chi connectivity index (χ0) is 16.2. The van der Waals surface area contributed by atoms with Crippen LogP contribution in [0.4, 0.5) is 0 Å². The van der Waals surface area contributed by atoms with E-state index in [2.05, 4.69) is 6.92 Å². The standard InChI is InChI=1S/C19H21NO3/c1-14-5-4-10-20(12-14)18(21)13-23-19(22)17-9-8-15-6-2-3-7-16(15)11-17/h2-3,6-9,11,14H,4-5,10,12-13H2,1H3/t14-/m1/s1. The molecule has 3 rings (SSSR count). The van der Waals surface area contributed by atoms with Gasteiger partial charge in [-0.15, -0.1) is 0 Å². The smallest absolute Gasteiger partial charge is 0.338 e. The lowest BCUT2D eigenvalue weighted by molar-refractivity contribution is -0.136. The number of nitrogens with zero attached hydrogens (tertiary/aromatic N) is 1. The third kappa shape index (κ3) is 3.70. The van der Waals surface area contributed by atoms with E-state index >= 15 is 0 Å². The van der Waals surface area contributed by atoms with E-state index in [-0.39, 0.29) is 12.5 Å². The summed E-state index contributed by atoms with van der Waals surface area (Å²) in [6, 6.07) is 13.2. The largest absolute Gasteiger partial charge is 0.452 e. The third-order valence-corrected chi connectivity index (χ3v) is 4.32. The molecule has 1 fully saturated rings. The van der Waals surface area contributed by atoms with E-state index < -0.39 is 5.97 Å². The van der Waals surface area contributed by atoms with Crippen molar-refractivity contribution in [2.24, 2.45) is 5.92 Å². The maximum absolute atomic E-state index is 12.1. The van der Waals surface area contributed by atoms with Crippen molar-refractivity contribution < 1.29 is 14.3 Å². The average molecular weight is 311 g/mol. The van der Waals surface area contributed by atoms with Crippen molar-refractivity contribution in [1.29, 1.82) is 0 Å². The molecule has 0 unspecified atom stereocenters.